The molecule has 0 aliphatic rings. The van der Waals surface area contributed by atoms with E-state index in [-0.39, 0.29) is 19.1 Å². The van der Waals surface area contributed by atoms with E-state index in [1.807, 2.05) is 24.3 Å². The highest BCUT2D eigenvalue weighted by atomic mass is 79.9. The summed E-state index contributed by atoms with van der Waals surface area (Å²) in [7, 11) is 0. The normalized spacial score (nSPS) is 13.3. The number of aliphatic hydroxyl groups is 1. The van der Waals surface area contributed by atoms with E-state index >= 15 is 0 Å². The first kappa shape index (κ1) is 16.5. The van der Waals surface area contributed by atoms with Crippen molar-refractivity contribution in [2.24, 2.45) is 0 Å². The van der Waals surface area contributed by atoms with Crippen LogP contribution in [-0.4, -0.2) is 34.9 Å². The lowest BCUT2D eigenvalue weighted by molar-refractivity contribution is -0.139. The fourth-order valence-corrected chi connectivity index (χ4v) is 2.06. The molecule has 1 unspecified atom stereocenters. The number of hydrogen-bond donors (Lipinski definition) is 4. The van der Waals surface area contributed by atoms with Crippen molar-refractivity contribution in [3.63, 3.8) is 0 Å². The quantitative estimate of drug-likeness (QED) is 0.630. The zero-order chi connectivity index (χ0) is 15.1. The van der Waals surface area contributed by atoms with Gasteiger partial charge in [-0.05, 0) is 24.6 Å². The maximum atomic E-state index is 11.7. The maximum Gasteiger partial charge on any atom is 0.326 e. The lowest BCUT2D eigenvalue weighted by Gasteiger charge is -2.18. The molecule has 0 spiro atoms. The predicted molar refractivity (Wildman–Crippen MR) is 77.4 cm³/mol. The molecular formula is C13H17BrN2O4. The zero-order valence-corrected chi connectivity index (χ0v) is 12.6. The Morgan fingerprint density at radius 3 is 2.60 bits per heavy atom. The number of aliphatic carboxylic acids is 1. The summed E-state index contributed by atoms with van der Waals surface area (Å²) in [4.78, 5) is 22.6. The van der Waals surface area contributed by atoms with Crippen molar-refractivity contribution < 1.29 is 19.8 Å². The highest BCUT2D eigenvalue weighted by Crippen LogP contribution is 2.17. The highest BCUT2D eigenvalue weighted by molar-refractivity contribution is 9.10. The van der Waals surface area contributed by atoms with Crippen molar-refractivity contribution in [1.82, 2.24) is 10.6 Å². The first-order valence-electron chi connectivity index (χ1n) is 6.10. The summed E-state index contributed by atoms with van der Waals surface area (Å²) in [5.74, 6) is -1.18. The number of amides is 2. The van der Waals surface area contributed by atoms with E-state index in [9.17, 15) is 9.59 Å². The van der Waals surface area contributed by atoms with Gasteiger partial charge >= 0.3 is 12.0 Å². The third-order valence-corrected chi connectivity index (χ3v) is 3.21. The van der Waals surface area contributed by atoms with Crippen LogP contribution in [0.4, 0.5) is 4.79 Å². The van der Waals surface area contributed by atoms with Gasteiger partial charge in [0.15, 0.2) is 0 Å². The van der Waals surface area contributed by atoms with Gasteiger partial charge in [0.2, 0.25) is 0 Å². The van der Waals surface area contributed by atoms with Crippen LogP contribution in [0, 0.1) is 0 Å². The Labute approximate surface area is 125 Å². The molecule has 0 aliphatic heterocycles. The number of benzene rings is 1. The van der Waals surface area contributed by atoms with Crippen LogP contribution >= 0.6 is 15.9 Å². The highest BCUT2D eigenvalue weighted by Gasteiger charge is 2.20. The summed E-state index contributed by atoms with van der Waals surface area (Å²) in [5.41, 5.74) is 0.892. The second kappa shape index (κ2) is 7.86. The van der Waals surface area contributed by atoms with Gasteiger partial charge in [0.25, 0.3) is 0 Å². The van der Waals surface area contributed by atoms with Crippen molar-refractivity contribution >= 4 is 27.9 Å². The number of nitrogens with one attached hydrogen (secondary N) is 2. The van der Waals surface area contributed by atoms with Crippen molar-refractivity contribution in [3.8, 4) is 0 Å². The van der Waals surface area contributed by atoms with Gasteiger partial charge in [-0.15, -0.1) is 0 Å². The molecule has 110 valence electrons. The first-order chi connectivity index (χ1) is 9.43. The van der Waals surface area contributed by atoms with Crippen molar-refractivity contribution in [2.75, 3.05) is 6.61 Å². The third kappa shape index (κ3) is 5.18. The van der Waals surface area contributed by atoms with Crippen molar-refractivity contribution in [3.05, 3.63) is 34.3 Å². The number of hydrogen-bond acceptors (Lipinski definition) is 3. The van der Waals surface area contributed by atoms with Gasteiger partial charge in [-0.3, -0.25) is 0 Å². The van der Waals surface area contributed by atoms with Crippen molar-refractivity contribution in [1.29, 1.82) is 0 Å². The molecule has 0 saturated carbocycles. The van der Waals surface area contributed by atoms with Gasteiger partial charge < -0.3 is 20.8 Å². The van der Waals surface area contributed by atoms with Crippen LogP contribution in [0.5, 0.6) is 0 Å². The summed E-state index contributed by atoms with van der Waals surface area (Å²) in [5, 5.41) is 22.6. The Balaban J connectivity index is 2.59. The molecule has 0 aliphatic carbocycles. The summed E-state index contributed by atoms with van der Waals surface area (Å²) >= 11 is 3.34. The fraction of sp³-hybridized carbons (Fsp3) is 0.385. The topological polar surface area (TPSA) is 98.7 Å². The lowest BCUT2D eigenvalue weighted by Crippen LogP contribution is -2.47. The lowest BCUT2D eigenvalue weighted by atomic mass is 10.1. The van der Waals surface area contributed by atoms with E-state index in [1.165, 1.54) is 0 Å². The molecule has 7 heteroatoms. The molecule has 0 fully saturated rings. The molecule has 4 N–H and O–H groups in total. The monoisotopic (exact) mass is 344 g/mol. The maximum absolute atomic E-state index is 11.7. The Kier molecular flexibility index (Phi) is 6.47. The number of aliphatic hydroxyl groups excluding tert-OH is 1. The summed E-state index contributed by atoms with van der Waals surface area (Å²) in [6.07, 6.45) is -0.0337. The van der Waals surface area contributed by atoms with Crippen LogP contribution in [0.3, 0.4) is 0 Å². The van der Waals surface area contributed by atoms with Crippen LogP contribution in [0.2, 0.25) is 0 Å². The SMILES string of the molecule is CC(NC(=O)N[C@@H](CCO)C(=O)O)c1cccc(Br)c1. The smallest absolute Gasteiger partial charge is 0.326 e. The molecule has 1 aromatic carbocycles. The van der Waals surface area contributed by atoms with Gasteiger partial charge in [0, 0.05) is 17.5 Å². The molecule has 0 bridgehead atoms. The average Bonchev–Trinajstić information content (AvgIpc) is 2.38. The van der Waals surface area contributed by atoms with Crippen LogP contribution < -0.4 is 10.6 Å². The number of rotatable bonds is 6. The van der Waals surface area contributed by atoms with Crippen LogP contribution in [0.25, 0.3) is 0 Å². The Morgan fingerprint density at radius 1 is 1.35 bits per heavy atom. The van der Waals surface area contributed by atoms with E-state index in [0.717, 1.165) is 10.0 Å². The summed E-state index contributed by atoms with van der Waals surface area (Å²) in [6, 6.07) is 5.49. The molecular weight excluding hydrogens is 328 g/mol. The Hall–Kier alpha value is -1.60. The van der Waals surface area contributed by atoms with Crippen LogP contribution in [-0.2, 0) is 4.79 Å². The molecule has 2 atom stereocenters. The number of urea groups is 1. The molecule has 0 radical (unpaired) electrons. The molecule has 6 nitrogen and oxygen atoms in total. The van der Waals surface area contributed by atoms with E-state index < -0.39 is 18.0 Å². The Morgan fingerprint density at radius 2 is 2.05 bits per heavy atom. The van der Waals surface area contributed by atoms with Gasteiger partial charge in [-0.1, -0.05) is 28.1 Å². The number of carbonyl (C=O) groups excluding carboxylic acids is 1. The van der Waals surface area contributed by atoms with Gasteiger partial charge in [0.05, 0.1) is 6.04 Å². The first-order valence-corrected chi connectivity index (χ1v) is 6.89. The van der Waals surface area contributed by atoms with Gasteiger partial charge in [0.1, 0.15) is 6.04 Å². The van der Waals surface area contributed by atoms with Crippen molar-refractivity contribution in [2.45, 2.75) is 25.4 Å². The second-order valence-electron chi connectivity index (χ2n) is 4.30. The van der Waals surface area contributed by atoms with E-state index in [2.05, 4.69) is 26.6 Å². The van der Waals surface area contributed by atoms with Gasteiger partial charge in [-0.2, -0.15) is 0 Å². The molecule has 0 aromatic heterocycles. The van der Waals surface area contributed by atoms with E-state index in [0.29, 0.717) is 0 Å². The second-order valence-corrected chi connectivity index (χ2v) is 5.21. The van der Waals surface area contributed by atoms with Crippen LogP contribution in [0.1, 0.15) is 24.9 Å². The third-order valence-electron chi connectivity index (χ3n) is 2.72. The van der Waals surface area contributed by atoms with E-state index in [1.54, 1.807) is 6.92 Å². The Bertz CT molecular complexity index is 481. The standard InChI is InChI=1S/C13H17BrN2O4/c1-8(9-3-2-4-10(14)7-9)15-13(20)16-11(5-6-17)12(18)19/h2-4,7-8,11,17H,5-6H2,1H3,(H,18,19)(H2,15,16,20)/t8?,11-/m0/s1. The minimum absolute atomic E-state index is 0.0337. The number of halogens is 1. The summed E-state index contributed by atoms with van der Waals surface area (Å²) in [6.45, 7) is 1.49. The van der Waals surface area contributed by atoms with Gasteiger partial charge in [-0.25, -0.2) is 9.59 Å². The molecule has 2 amide bonds. The minimum atomic E-state index is -1.18. The number of carboxylic acids is 1. The summed E-state index contributed by atoms with van der Waals surface area (Å²) < 4.78 is 0.896. The predicted octanol–water partition coefficient (Wildman–Crippen LogP) is 1.64. The number of carbonyl (C=O) groups is 2. The van der Waals surface area contributed by atoms with E-state index in [4.69, 9.17) is 10.2 Å². The number of carboxylic acid groups (broad SMARTS) is 1. The molecule has 0 heterocycles. The molecule has 1 aromatic rings. The fourth-order valence-electron chi connectivity index (χ4n) is 1.64. The molecule has 20 heavy (non-hydrogen) atoms. The largest absolute Gasteiger partial charge is 0.480 e. The minimum Gasteiger partial charge on any atom is -0.480 e. The molecule has 0 saturated heterocycles. The molecule has 1 rings (SSSR count). The average molecular weight is 345 g/mol. The zero-order valence-electron chi connectivity index (χ0n) is 11.0. The van der Waals surface area contributed by atoms with Crippen LogP contribution in [0.15, 0.2) is 28.7 Å².